The zero-order valence-corrected chi connectivity index (χ0v) is 13.4. The van der Waals surface area contributed by atoms with E-state index in [1.807, 2.05) is 0 Å². The van der Waals surface area contributed by atoms with Gasteiger partial charge in [-0.2, -0.15) is 4.98 Å². The van der Waals surface area contributed by atoms with Crippen LogP contribution in [-0.2, 0) is 11.8 Å². The molecule has 0 atom stereocenters. The summed E-state index contributed by atoms with van der Waals surface area (Å²) in [6.45, 7) is 0. The van der Waals surface area contributed by atoms with Crippen molar-refractivity contribution in [2.45, 2.75) is 0 Å². The lowest BCUT2D eigenvalue weighted by Gasteiger charge is -2.01. The van der Waals surface area contributed by atoms with Gasteiger partial charge in [0.1, 0.15) is 11.3 Å². The molecule has 7 nitrogen and oxygen atoms in total. The molecule has 0 aliphatic carbocycles. The van der Waals surface area contributed by atoms with E-state index in [1.54, 1.807) is 35.9 Å². The first-order valence-electron chi connectivity index (χ1n) is 7.43. The number of rotatable bonds is 3. The van der Waals surface area contributed by atoms with Crippen molar-refractivity contribution in [3.05, 3.63) is 47.8 Å². The number of methoxy groups -OCH3 is 1. The lowest BCUT2D eigenvalue weighted by atomic mass is 10.2. The van der Waals surface area contributed by atoms with E-state index in [9.17, 15) is 9.18 Å². The number of nitrogens with zero attached hydrogens (tertiary/aromatic N) is 3. The highest BCUT2D eigenvalue weighted by molar-refractivity contribution is 5.93. The molecular weight excluding hydrogens is 327 g/mol. The first-order chi connectivity index (χ1) is 12.0. The molecule has 0 amide bonds. The number of ether oxygens (including phenoxy) is 1. The number of aryl methyl sites for hydroxylation is 1. The molecule has 0 aliphatic rings. The van der Waals surface area contributed by atoms with Crippen molar-refractivity contribution in [3.63, 3.8) is 0 Å². The molecule has 0 bridgehead atoms. The number of hydrogen-bond acceptors (Lipinski definition) is 6. The van der Waals surface area contributed by atoms with Crippen LogP contribution in [0.25, 0.3) is 22.1 Å². The van der Waals surface area contributed by atoms with Gasteiger partial charge in [-0.05, 0) is 30.3 Å². The second kappa shape index (κ2) is 5.59. The third-order valence-corrected chi connectivity index (χ3v) is 3.87. The van der Waals surface area contributed by atoms with Crippen LogP contribution in [0.15, 0.2) is 40.8 Å². The quantitative estimate of drug-likeness (QED) is 0.576. The predicted molar refractivity (Wildman–Crippen MR) is 89.3 cm³/mol. The van der Waals surface area contributed by atoms with Crippen molar-refractivity contribution in [3.8, 4) is 0 Å². The van der Waals surface area contributed by atoms with Crippen LogP contribution in [0.5, 0.6) is 0 Å². The third-order valence-electron chi connectivity index (χ3n) is 3.87. The second-order valence-electron chi connectivity index (χ2n) is 5.45. The van der Waals surface area contributed by atoms with Crippen molar-refractivity contribution < 1.29 is 18.3 Å². The smallest absolute Gasteiger partial charge is 0.337 e. The van der Waals surface area contributed by atoms with Crippen LogP contribution >= 0.6 is 0 Å². The van der Waals surface area contributed by atoms with Crippen molar-refractivity contribution in [1.82, 2.24) is 14.5 Å². The van der Waals surface area contributed by atoms with Gasteiger partial charge < -0.3 is 13.7 Å². The summed E-state index contributed by atoms with van der Waals surface area (Å²) in [5, 5.41) is 2.97. The van der Waals surface area contributed by atoms with Crippen LogP contribution in [0.3, 0.4) is 0 Å². The number of halogens is 1. The fraction of sp³-hybridized carbons (Fsp3) is 0.118. The number of nitrogens with one attached hydrogen (secondary N) is 1. The van der Waals surface area contributed by atoms with Crippen LogP contribution in [-0.4, -0.2) is 27.6 Å². The number of anilines is 2. The third kappa shape index (κ3) is 2.57. The van der Waals surface area contributed by atoms with Crippen LogP contribution < -0.4 is 5.32 Å². The normalized spacial score (nSPS) is 11.2. The molecule has 0 saturated carbocycles. The number of esters is 1. The Labute approximate surface area is 141 Å². The van der Waals surface area contributed by atoms with E-state index < -0.39 is 5.97 Å². The Morgan fingerprint density at radius 1 is 1.20 bits per heavy atom. The van der Waals surface area contributed by atoms with Gasteiger partial charge >= 0.3 is 12.0 Å². The minimum atomic E-state index is -0.447. The van der Waals surface area contributed by atoms with Crippen molar-refractivity contribution in [2.75, 3.05) is 12.4 Å². The summed E-state index contributed by atoms with van der Waals surface area (Å²) in [4.78, 5) is 20.2. The maximum absolute atomic E-state index is 13.3. The van der Waals surface area contributed by atoms with Crippen molar-refractivity contribution >= 4 is 40.1 Å². The lowest BCUT2D eigenvalue weighted by Crippen LogP contribution is -2.00. The average Bonchev–Trinajstić information content (AvgIpc) is 3.14. The molecule has 0 unspecified atom stereocenters. The topological polar surface area (TPSA) is 82.2 Å². The first kappa shape index (κ1) is 15.1. The Balaban J connectivity index is 1.71. The average molecular weight is 340 g/mol. The molecule has 0 saturated heterocycles. The predicted octanol–water partition coefficient (Wildman–Crippen LogP) is 3.38. The summed E-state index contributed by atoms with van der Waals surface area (Å²) in [5.41, 5.74) is 2.70. The van der Waals surface area contributed by atoms with E-state index in [0.717, 1.165) is 5.52 Å². The van der Waals surface area contributed by atoms with Gasteiger partial charge in [-0.15, -0.1) is 0 Å². The zero-order valence-electron chi connectivity index (χ0n) is 13.4. The number of imidazole rings is 1. The van der Waals surface area contributed by atoms with Crippen LogP contribution in [0, 0.1) is 5.82 Å². The highest BCUT2D eigenvalue weighted by Gasteiger charge is 2.14. The summed E-state index contributed by atoms with van der Waals surface area (Å²) in [6, 6.07) is 9.43. The molecule has 0 spiro atoms. The molecule has 0 fully saturated rings. The summed E-state index contributed by atoms with van der Waals surface area (Å²) in [7, 11) is 3.12. The lowest BCUT2D eigenvalue weighted by molar-refractivity contribution is 0.0601. The Morgan fingerprint density at radius 2 is 2.04 bits per heavy atom. The van der Waals surface area contributed by atoms with Gasteiger partial charge in [-0.1, -0.05) is 0 Å². The van der Waals surface area contributed by atoms with Gasteiger partial charge in [-0.3, -0.25) is 5.32 Å². The number of carbonyl (C=O) groups excluding carboxylic acids is 1. The van der Waals surface area contributed by atoms with E-state index in [4.69, 9.17) is 4.42 Å². The molecular formula is C17H13FN4O3. The van der Waals surface area contributed by atoms with Gasteiger partial charge in [0.25, 0.3) is 0 Å². The number of benzene rings is 2. The van der Waals surface area contributed by atoms with Gasteiger partial charge in [0.15, 0.2) is 5.58 Å². The maximum Gasteiger partial charge on any atom is 0.337 e. The van der Waals surface area contributed by atoms with Crippen molar-refractivity contribution in [1.29, 1.82) is 0 Å². The summed E-state index contributed by atoms with van der Waals surface area (Å²) in [5.74, 6) is -0.341. The number of oxazole rings is 1. The minimum absolute atomic E-state index is 0.218. The fourth-order valence-corrected chi connectivity index (χ4v) is 2.61. The van der Waals surface area contributed by atoms with Crippen LogP contribution in [0.4, 0.5) is 16.4 Å². The molecule has 2 aromatic carbocycles. The van der Waals surface area contributed by atoms with Gasteiger partial charge in [0, 0.05) is 13.1 Å². The maximum atomic E-state index is 13.3. The van der Waals surface area contributed by atoms with E-state index in [0.29, 0.717) is 28.1 Å². The molecule has 2 aromatic heterocycles. The Kier molecular flexibility index (Phi) is 3.38. The number of carbonyl (C=O) groups is 1. The summed E-state index contributed by atoms with van der Waals surface area (Å²) < 4.78 is 25.4. The molecule has 4 aromatic rings. The highest BCUT2D eigenvalue weighted by atomic mass is 19.1. The summed E-state index contributed by atoms with van der Waals surface area (Å²) >= 11 is 0. The Bertz CT molecular complexity index is 1120. The standard InChI is InChI=1S/C17H13FN4O3/c1-22-13-5-4-10(18)8-11(13)19-16(22)21-17-20-12-7-9(15(23)24-2)3-6-14(12)25-17/h3-8H,1-2H3,(H,19,20,21). The second-order valence-corrected chi connectivity index (χ2v) is 5.45. The molecule has 0 aliphatic heterocycles. The molecule has 8 heteroatoms. The van der Waals surface area contributed by atoms with E-state index in [2.05, 4.69) is 20.0 Å². The van der Waals surface area contributed by atoms with Gasteiger partial charge in [0.2, 0.25) is 5.95 Å². The van der Waals surface area contributed by atoms with Crippen LogP contribution in [0.1, 0.15) is 10.4 Å². The largest absolute Gasteiger partial charge is 0.465 e. The summed E-state index contributed by atoms with van der Waals surface area (Å²) in [6.07, 6.45) is 0. The van der Waals surface area contributed by atoms with E-state index >= 15 is 0 Å². The van der Waals surface area contributed by atoms with Crippen LogP contribution in [0.2, 0.25) is 0 Å². The van der Waals surface area contributed by atoms with Crippen molar-refractivity contribution in [2.24, 2.45) is 7.05 Å². The monoisotopic (exact) mass is 340 g/mol. The zero-order chi connectivity index (χ0) is 17.6. The van der Waals surface area contributed by atoms with E-state index in [1.165, 1.54) is 19.2 Å². The van der Waals surface area contributed by atoms with Gasteiger partial charge in [-0.25, -0.2) is 14.2 Å². The molecule has 1 N–H and O–H groups in total. The molecule has 0 radical (unpaired) electrons. The number of hydrogen-bond donors (Lipinski definition) is 1. The van der Waals surface area contributed by atoms with E-state index in [-0.39, 0.29) is 11.8 Å². The number of aromatic nitrogens is 3. The fourth-order valence-electron chi connectivity index (χ4n) is 2.61. The first-order valence-corrected chi connectivity index (χ1v) is 7.43. The van der Waals surface area contributed by atoms with Gasteiger partial charge in [0.05, 0.1) is 23.7 Å². The highest BCUT2D eigenvalue weighted by Crippen LogP contribution is 2.25. The Morgan fingerprint density at radius 3 is 2.84 bits per heavy atom. The molecule has 126 valence electrons. The molecule has 25 heavy (non-hydrogen) atoms. The Hall–Kier alpha value is -3.42. The molecule has 4 rings (SSSR count). The minimum Gasteiger partial charge on any atom is -0.465 e. The number of fused-ring (bicyclic) bond motifs is 2. The SMILES string of the molecule is COC(=O)c1ccc2oc(Nc3nc4cc(F)ccc4n3C)nc2c1. The molecule has 2 heterocycles.